The highest BCUT2D eigenvalue weighted by atomic mass is 16.2. The lowest BCUT2D eigenvalue weighted by Gasteiger charge is -2.32. The Kier molecular flexibility index (Phi) is 4.88. The van der Waals surface area contributed by atoms with E-state index in [0.717, 1.165) is 29.8 Å². The zero-order valence-electron chi connectivity index (χ0n) is 15.6. The standard InChI is InChI=1S/C19H22N8O/c1-26-11-14(10-22-26)15-5-2-6-17(23-15)25-19(28)27-9-3-4-13(12-27)16-7-8-21-18(20)24-16/h2,5-8,10-11,13H,3-4,9,12H2,1H3,(H2,20,21,24)(H,23,25,28). The first-order valence-electron chi connectivity index (χ1n) is 9.19. The van der Waals surface area contributed by atoms with Gasteiger partial charge in [0.1, 0.15) is 5.82 Å². The van der Waals surface area contributed by atoms with E-state index >= 15 is 0 Å². The minimum Gasteiger partial charge on any atom is -0.368 e. The zero-order chi connectivity index (χ0) is 19.5. The number of pyridine rings is 1. The molecule has 1 aliphatic rings. The van der Waals surface area contributed by atoms with Crippen LogP contribution in [0.1, 0.15) is 24.5 Å². The number of carbonyl (C=O) groups excluding carboxylic acids is 1. The van der Waals surface area contributed by atoms with Crippen molar-refractivity contribution in [3.05, 3.63) is 48.5 Å². The lowest BCUT2D eigenvalue weighted by molar-refractivity contribution is 0.192. The number of nitrogens with zero attached hydrogens (tertiary/aromatic N) is 6. The second kappa shape index (κ2) is 7.63. The molecule has 4 heterocycles. The second-order valence-electron chi connectivity index (χ2n) is 6.87. The number of anilines is 2. The van der Waals surface area contributed by atoms with Crippen LogP contribution in [0.3, 0.4) is 0 Å². The molecule has 0 aromatic carbocycles. The molecule has 0 spiro atoms. The molecule has 3 N–H and O–H groups in total. The highest BCUT2D eigenvalue weighted by Crippen LogP contribution is 2.26. The molecule has 1 saturated heterocycles. The lowest BCUT2D eigenvalue weighted by Crippen LogP contribution is -2.42. The lowest BCUT2D eigenvalue weighted by atomic mass is 9.95. The number of urea groups is 1. The van der Waals surface area contributed by atoms with Crippen molar-refractivity contribution in [2.45, 2.75) is 18.8 Å². The highest BCUT2D eigenvalue weighted by Gasteiger charge is 2.26. The number of aryl methyl sites for hydroxylation is 1. The Balaban J connectivity index is 1.45. The number of piperidine rings is 1. The van der Waals surface area contributed by atoms with E-state index in [1.807, 2.05) is 31.4 Å². The summed E-state index contributed by atoms with van der Waals surface area (Å²) in [6.07, 6.45) is 7.16. The molecule has 4 rings (SSSR count). The first-order valence-corrected chi connectivity index (χ1v) is 9.19. The van der Waals surface area contributed by atoms with Crippen molar-refractivity contribution in [3.63, 3.8) is 0 Å². The van der Waals surface area contributed by atoms with Crippen LogP contribution in [0.15, 0.2) is 42.9 Å². The van der Waals surface area contributed by atoms with Crippen molar-refractivity contribution < 1.29 is 4.79 Å². The molecular weight excluding hydrogens is 356 g/mol. The largest absolute Gasteiger partial charge is 0.368 e. The van der Waals surface area contributed by atoms with Crippen LogP contribution in [0.5, 0.6) is 0 Å². The molecule has 28 heavy (non-hydrogen) atoms. The number of amides is 2. The molecule has 2 amide bonds. The van der Waals surface area contributed by atoms with Gasteiger partial charge in [-0.1, -0.05) is 6.07 Å². The first kappa shape index (κ1) is 17.9. The maximum Gasteiger partial charge on any atom is 0.323 e. The van der Waals surface area contributed by atoms with Crippen LogP contribution in [0.2, 0.25) is 0 Å². The van der Waals surface area contributed by atoms with E-state index in [-0.39, 0.29) is 17.9 Å². The molecule has 0 saturated carbocycles. The third-order valence-electron chi connectivity index (χ3n) is 4.81. The van der Waals surface area contributed by atoms with Gasteiger partial charge in [-0.25, -0.2) is 19.7 Å². The van der Waals surface area contributed by atoms with Gasteiger partial charge < -0.3 is 10.6 Å². The molecule has 9 nitrogen and oxygen atoms in total. The third kappa shape index (κ3) is 3.93. The Hall–Kier alpha value is -3.49. The van der Waals surface area contributed by atoms with Crippen LogP contribution in [-0.2, 0) is 7.05 Å². The van der Waals surface area contributed by atoms with E-state index in [0.29, 0.717) is 18.9 Å². The molecule has 1 atom stereocenters. The van der Waals surface area contributed by atoms with E-state index < -0.39 is 0 Å². The summed E-state index contributed by atoms with van der Waals surface area (Å²) in [7, 11) is 1.85. The fourth-order valence-corrected chi connectivity index (χ4v) is 3.43. The number of hydrogen-bond donors (Lipinski definition) is 2. The van der Waals surface area contributed by atoms with Crippen LogP contribution in [0, 0.1) is 0 Å². The minimum absolute atomic E-state index is 0.152. The topological polar surface area (TPSA) is 115 Å². The Morgan fingerprint density at radius 2 is 2.18 bits per heavy atom. The zero-order valence-corrected chi connectivity index (χ0v) is 15.6. The number of nitrogen functional groups attached to an aromatic ring is 1. The summed E-state index contributed by atoms with van der Waals surface area (Å²) in [5, 5.41) is 7.07. The molecule has 144 valence electrons. The van der Waals surface area contributed by atoms with Gasteiger partial charge in [-0.2, -0.15) is 5.10 Å². The minimum atomic E-state index is -0.164. The predicted molar refractivity (Wildman–Crippen MR) is 105 cm³/mol. The van der Waals surface area contributed by atoms with Gasteiger partial charge in [-0.15, -0.1) is 0 Å². The van der Waals surface area contributed by atoms with Crippen LogP contribution < -0.4 is 11.1 Å². The van der Waals surface area contributed by atoms with E-state index in [1.54, 1.807) is 28.0 Å². The van der Waals surface area contributed by atoms with Crippen LogP contribution in [0.4, 0.5) is 16.6 Å². The molecule has 0 bridgehead atoms. The molecule has 3 aromatic rings. The van der Waals surface area contributed by atoms with E-state index in [1.165, 1.54) is 0 Å². The number of carbonyl (C=O) groups is 1. The molecular formula is C19H22N8O. The predicted octanol–water partition coefficient (Wildman–Crippen LogP) is 2.27. The van der Waals surface area contributed by atoms with Gasteiger partial charge in [0.15, 0.2) is 0 Å². The van der Waals surface area contributed by atoms with E-state index in [4.69, 9.17) is 5.73 Å². The normalized spacial score (nSPS) is 16.8. The highest BCUT2D eigenvalue weighted by molar-refractivity contribution is 5.88. The molecule has 1 aliphatic heterocycles. The van der Waals surface area contributed by atoms with E-state index in [2.05, 4.69) is 25.4 Å². The van der Waals surface area contributed by atoms with Crippen molar-refractivity contribution in [1.82, 2.24) is 29.6 Å². The van der Waals surface area contributed by atoms with Gasteiger partial charge in [0.25, 0.3) is 0 Å². The summed E-state index contributed by atoms with van der Waals surface area (Å²) in [6, 6.07) is 7.24. The monoisotopic (exact) mass is 378 g/mol. The van der Waals surface area contributed by atoms with Gasteiger partial charge in [0.2, 0.25) is 5.95 Å². The van der Waals surface area contributed by atoms with Crippen LogP contribution in [-0.4, -0.2) is 48.8 Å². The molecule has 1 fully saturated rings. The average Bonchev–Trinajstić information content (AvgIpc) is 3.15. The maximum absolute atomic E-state index is 12.8. The van der Waals surface area contributed by atoms with E-state index in [9.17, 15) is 4.79 Å². The summed E-state index contributed by atoms with van der Waals surface area (Å²) in [5.41, 5.74) is 8.24. The number of rotatable bonds is 3. The van der Waals surface area contributed by atoms with Crippen LogP contribution >= 0.6 is 0 Å². The Morgan fingerprint density at radius 1 is 1.29 bits per heavy atom. The Labute approximate surface area is 162 Å². The summed E-state index contributed by atoms with van der Waals surface area (Å²) >= 11 is 0. The number of aromatic nitrogens is 5. The van der Waals surface area contributed by atoms with Crippen molar-refractivity contribution in [2.75, 3.05) is 24.1 Å². The fourth-order valence-electron chi connectivity index (χ4n) is 3.43. The number of likely N-dealkylation sites (tertiary alicyclic amines) is 1. The molecule has 3 aromatic heterocycles. The van der Waals surface area contributed by atoms with Gasteiger partial charge in [-0.05, 0) is 31.0 Å². The molecule has 0 radical (unpaired) electrons. The summed E-state index contributed by atoms with van der Waals surface area (Å²) in [6.45, 7) is 1.29. The fraction of sp³-hybridized carbons (Fsp3) is 0.316. The Bertz CT molecular complexity index is 985. The SMILES string of the molecule is Cn1cc(-c2cccc(NC(=O)N3CCCC(c4ccnc(N)n4)C3)n2)cn1. The van der Waals surface area contributed by atoms with Gasteiger partial charge in [-0.3, -0.25) is 10.00 Å². The quantitative estimate of drug-likeness (QED) is 0.722. The number of nitrogens with one attached hydrogen (secondary N) is 1. The van der Waals surface area contributed by atoms with Crippen LogP contribution in [0.25, 0.3) is 11.3 Å². The molecule has 1 unspecified atom stereocenters. The van der Waals surface area contributed by atoms with Crippen molar-refractivity contribution in [2.24, 2.45) is 7.05 Å². The summed E-state index contributed by atoms with van der Waals surface area (Å²) < 4.78 is 1.72. The van der Waals surface area contributed by atoms with Crippen molar-refractivity contribution in [1.29, 1.82) is 0 Å². The van der Waals surface area contributed by atoms with Crippen molar-refractivity contribution >= 4 is 17.8 Å². The number of nitrogens with two attached hydrogens (primary N) is 1. The third-order valence-corrected chi connectivity index (χ3v) is 4.81. The average molecular weight is 378 g/mol. The van der Waals surface area contributed by atoms with Gasteiger partial charge in [0.05, 0.1) is 17.6 Å². The second-order valence-corrected chi connectivity index (χ2v) is 6.87. The van der Waals surface area contributed by atoms with Gasteiger partial charge >= 0.3 is 6.03 Å². The Morgan fingerprint density at radius 3 is 2.96 bits per heavy atom. The molecule has 9 heteroatoms. The van der Waals surface area contributed by atoms with Gasteiger partial charge in [0, 0.05) is 44.0 Å². The molecule has 0 aliphatic carbocycles. The summed E-state index contributed by atoms with van der Waals surface area (Å²) in [4.78, 5) is 27.3. The smallest absolute Gasteiger partial charge is 0.323 e. The maximum atomic E-state index is 12.8. The van der Waals surface area contributed by atoms with Crippen molar-refractivity contribution in [3.8, 4) is 11.3 Å². The summed E-state index contributed by atoms with van der Waals surface area (Å²) in [5.74, 6) is 0.926. The number of hydrogen-bond acceptors (Lipinski definition) is 6. The first-order chi connectivity index (χ1) is 13.6.